The van der Waals surface area contributed by atoms with Gasteiger partial charge in [0.1, 0.15) is 17.3 Å². The van der Waals surface area contributed by atoms with E-state index in [1.165, 1.54) is 13.0 Å². The van der Waals surface area contributed by atoms with Crippen LogP contribution in [0.25, 0.3) is 0 Å². The fourth-order valence-electron chi connectivity index (χ4n) is 2.23. The zero-order valence-electron chi connectivity index (χ0n) is 15.9. The van der Waals surface area contributed by atoms with Crippen LogP contribution in [-0.2, 0) is 14.3 Å². The lowest BCUT2D eigenvalue weighted by Gasteiger charge is -2.13. The minimum absolute atomic E-state index is 0.171. The number of anilines is 1. The lowest BCUT2D eigenvalue weighted by Crippen LogP contribution is -2.36. The highest BCUT2D eigenvalue weighted by Gasteiger charge is 2.21. The van der Waals surface area contributed by atoms with Crippen LogP contribution in [0.1, 0.15) is 34.6 Å². The average molecular weight is 419 g/mol. The van der Waals surface area contributed by atoms with E-state index in [1.54, 1.807) is 29.6 Å². The molecular weight excluding hydrogens is 398 g/mol. The van der Waals surface area contributed by atoms with Crippen LogP contribution in [-0.4, -0.2) is 42.9 Å². The summed E-state index contributed by atoms with van der Waals surface area (Å²) >= 11 is 1.12. The predicted octanol–water partition coefficient (Wildman–Crippen LogP) is 1.55. The number of rotatable bonds is 9. The molecule has 1 aromatic heterocycles. The van der Waals surface area contributed by atoms with Crippen molar-refractivity contribution in [2.24, 2.45) is 5.73 Å². The Balaban J connectivity index is 1.81. The minimum Gasteiger partial charge on any atom is -0.494 e. The number of primary amides is 1. The van der Waals surface area contributed by atoms with Crippen LogP contribution < -0.4 is 21.1 Å². The fraction of sp³-hybridized carbons (Fsp3) is 0.263. The fourth-order valence-corrected chi connectivity index (χ4v) is 3.03. The van der Waals surface area contributed by atoms with E-state index in [4.69, 9.17) is 15.2 Å². The van der Waals surface area contributed by atoms with Gasteiger partial charge >= 0.3 is 5.97 Å². The molecule has 0 radical (unpaired) electrons. The van der Waals surface area contributed by atoms with E-state index < -0.39 is 36.3 Å². The smallest absolute Gasteiger partial charge is 0.326 e. The minimum atomic E-state index is -1.13. The van der Waals surface area contributed by atoms with Gasteiger partial charge in [-0.1, -0.05) is 0 Å². The second kappa shape index (κ2) is 10.2. The molecule has 0 aliphatic rings. The number of carbonyl (C=O) groups excluding carboxylic acids is 4. The van der Waals surface area contributed by atoms with E-state index in [-0.39, 0.29) is 10.6 Å². The zero-order valence-corrected chi connectivity index (χ0v) is 16.7. The Hall–Kier alpha value is -3.40. The van der Waals surface area contributed by atoms with E-state index in [0.717, 1.165) is 11.3 Å². The molecule has 1 heterocycles. The Morgan fingerprint density at radius 2 is 1.83 bits per heavy atom. The Bertz CT molecular complexity index is 894. The maximum atomic E-state index is 12.1. The summed E-state index contributed by atoms with van der Waals surface area (Å²) in [5, 5.41) is 6.78. The summed E-state index contributed by atoms with van der Waals surface area (Å²) in [5.41, 5.74) is 5.74. The number of benzene rings is 1. The molecule has 0 aliphatic heterocycles. The average Bonchev–Trinajstić information content (AvgIpc) is 3.15. The molecule has 0 spiro atoms. The van der Waals surface area contributed by atoms with Gasteiger partial charge < -0.3 is 25.8 Å². The molecule has 0 unspecified atom stereocenters. The molecular formula is C19H21N3O6S. The van der Waals surface area contributed by atoms with Gasteiger partial charge in [-0.05, 0) is 49.6 Å². The van der Waals surface area contributed by atoms with Crippen LogP contribution >= 0.6 is 11.3 Å². The van der Waals surface area contributed by atoms with Gasteiger partial charge in [0.2, 0.25) is 0 Å². The summed E-state index contributed by atoms with van der Waals surface area (Å²) in [7, 11) is 0. The first kappa shape index (κ1) is 21.9. The van der Waals surface area contributed by atoms with Crippen LogP contribution in [0.4, 0.5) is 5.00 Å². The second-order valence-electron chi connectivity index (χ2n) is 5.79. The number of nitrogens with two attached hydrogens (primary N) is 1. The summed E-state index contributed by atoms with van der Waals surface area (Å²) in [5.74, 6) is -1.92. The molecule has 29 heavy (non-hydrogen) atoms. The lowest BCUT2D eigenvalue weighted by molar-refractivity contribution is -0.152. The summed E-state index contributed by atoms with van der Waals surface area (Å²) in [4.78, 5) is 47.4. The monoisotopic (exact) mass is 419 g/mol. The summed E-state index contributed by atoms with van der Waals surface area (Å²) in [6, 6.07) is 7.91. The third kappa shape index (κ3) is 6.32. The van der Waals surface area contributed by atoms with Gasteiger partial charge in [-0.2, -0.15) is 0 Å². The van der Waals surface area contributed by atoms with Crippen molar-refractivity contribution in [1.29, 1.82) is 0 Å². The van der Waals surface area contributed by atoms with Crippen molar-refractivity contribution in [2.45, 2.75) is 20.0 Å². The van der Waals surface area contributed by atoms with Crippen molar-refractivity contribution in [2.75, 3.05) is 18.5 Å². The zero-order chi connectivity index (χ0) is 21.4. The Kier molecular flexibility index (Phi) is 7.72. The summed E-state index contributed by atoms with van der Waals surface area (Å²) in [6.07, 6.45) is -1.13. The maximum Gasteiger partial charge on any atom is 0.326 e. The number of hydrogen-bond acceptors (Lipinski definition) is 7. The molecule has 154 valence electrons. The van der Waals surface area contributed by atoms with Crippen LogP contribution in [0, 0.1) is 0 Å². The molecule has 2 rings (SSSR count). The topological polar surface area (TPSA) is 137 Å². The van der Waals surface area contributed by atoms with E-state index in [1.807, 2.05) is 6.92 Å². The highest BCUT2D eigenvalue weighted by molar-refractivity contribution is 7.14. The van der Waals surface area contributed by atoms with Crippen LogP contribution in [0.15, 0.2) is 35.7 Å². The van der Waals surface area contributed by atoms with Crippen molar-refractivity contribution in [3.05, 3.63) is 46.8 Å². The first-order valence-corrected chi connectivity index (χ1v) is 9.58. The van der Waals surface area contributed by atoms with Crippen LogP contribution in [0.5, 0.6) is 5.75 Å². The lowest BCUT2D eigenvalue weighted by atomic mass is 10.2. The van der Waals surface area contributed by atoms with Gasteiger partial charge in [0.05, 0.1) is 12.2 Å². The molecule has 0 bridgehead atoms. The first-order valence-electron chi connectivity index (χ1n) is 8.70. The van der Waals surface area contributed by atoms with Crippen LogP contribution in [0.3, 0.4) is 0 Å². The van der Waals surface area contributed by atoms with Gasteiger partial charge in [-0.15, -0.1) is 11.3 Å². The first-order chi connectivity index (χ1) is 13.8. The standard InChI is InChI=1S/C19H21N3O6S/c1-3-27-13-6-4-12(5-7-13)18(26)21-10-15(23)28-11(2)17(25)22-19-14(16(20)24)8-9-29-19/h4-9,11H,3,10H2,1-2H3,(H2,20,24)(H,21,26)(H,22,25)/t11-/m0/s1. The molecule has 3 amide bonds. The molecule has 10 heteroatoms. The maximum absolute atomic E-state index is 12.1. The SMILES string of the molecule is CCOc1ccc(C(=O)NCC(=O)O[C@@H](C)C(=O)Nc2sccc2C(N)=O)cc1. The molecule has 0 aliphatic carbocycles. The number of ether oxygens (including phenoxy) is 2. The number of nitrogens with one attached hydrogen (secondary N) is 2. The Morgan fingerprint density at radius 1 is 1.14 bits per heavy atom. The van der Waals surface area contributed by atoms with Gasteiger partial charge in [-0.3, -0.25) is 19.2 Å². The van der Waals surface area contributed by atoms with E-state index in [0.29, 0.717) is 17.9 Å². The van der Waals surface area contributed by atoms with Gasteiger partial charge in [-0.25, -0.2) is 0 Å². The molecule has 0 saturated heterocycles. The number of amides is 3. The third-order valence-corrected chi connectivity index (χ3v) is 4.50. The van der Waals surface area contributed by atoms with Gasteiger partial charge in [0.15, 0.2) is 6.10 Å². The largest absolute Gasteiger partial charge is 0.494 e. The highest BCUT2D eigenvalue weighted by Crippen LogP contribution is 2.23. The summed E-state index contributed by atoms with van der Waals surface area (Å²) in [6.45, 7) is 3.33. The number of hydrogen-bond donors (Lipinski definition) is 3. The van der Waals surface area contributed by atoms with E-state index in [2.05, 4.69) is 10.6 Å². The van der Waals surface area contributed by atoms with Gasteiger partial charge in [0.25, 0.3) is 17.7 Å². The third-order valence-electron chi connectivity index (χ3n) is 3.67. The Morgan fingerprint density at radius 3 is 2.45 bits per heavy atom. The van der Waals surface area contributed by atoms with Crippen molar-refractivity contribution in [1.82, 2.24) is 5.32 Å². The molecule has 9 nitrogen and oxygen atoms in total. The number of thiophene rings is 1. The van der Waals surface area contributed by atoms with Crippen molar-refractivity contribution < 1.29 is 28.7 Å². The molecule has 0 fully saturated rings. The quantitative estimate of drug-likeness (QED) is 0.528. The molecule has 0 saturated carbocycles. The normalized spacial score (nSPS) is 11.2. The van der Waals surface area contributed by atoms with Gasteiger partial charge in [0, 0.05) is 5.56 Å². The highest BCUT2D eigenvalue weighted by atomic mass is 32.1. The van der Waals surface area contributed by atoms with Crippen LogP contribution in [0.2, 0.25) is 0 Å². The summed E-state index contributed by atoms with van der Waals surface area (Å²) < 4.78 is 10.3. The molecule has 4 N–H and O–H groups in total. The van der Waals surface area contributed by atoms with E-state index in [9.17, 15) is 19.2 Å². The van der Waals surface area contributed by atoms with Crippen molar-refractivity contribution >= 4 is 40.0 Å². The van der Waals surface area contributed by atoms with Crippen molar-refractivity contribution in [3.63, 3.8) is 0 Å². The molecule has 1 atom stereocenters. The predicted molar refractivity (Wildman–Crippen MR) is 107 cm³/mol. The second-order valence-corrected chi connectivity index (χ2v) is 6.71. The Labute approximate surface area is 171 Å². The van der Waals surface area contributed by atoms with Crippen molar-refractivity contribution in [3.8, 4) is 5.75 Å². The number of esters is 1. The number of carbonyl (C=O) groups is 4. The van der Waals surface area contributed by atoms with E-state index >= 15 is 0 Å². The molecule has 2 aromatic rings. The molecule has 1 aromatic carbocycles.